The van der Waals surface area contributed by atoms with Crippen LogP contribution in [0.2, 0.25) is 0 Å². The highest BCUT2D eigenvalue weighted by Crippen LogP contribution is 2.20. The van der Waals surface area contributed by atoms with Gasteiger partial charge in [-0.15, -0.1) is 0 Å². The Hall–Kier alpha value is -2.71. The first kappa shape index (κ1) is 15.2. The van der Waals surface area contributed by atoms with Crippen molar-refractivity contribution in [2.75, 3.05) is 0 Å². The predicted octanol–water partition coefficient (Wildman–Crippen LogP) is 2.82. The van der Waals surface area contributed by atoms with E-state index < -0.39 is 14.9 Å². The molecule has 0 saturated carbocycles. The second-order valence-corrected chi connectivity index (χ2v) is 6.59. The van der Waals surface area contributed by atoms with Crippen molar-refractivity contribution in [2.45, 2.75) is 11.4 Å². The van der Waals surface area contributed by atoms with E-state index in [4.69, 9.17) is 4.42 Å². The van der Waals surface area contributed by atoms with Crippen LogP contribution in [0.3, 0.4) is 0 Å². The maximum Gasteiger partial charge on any atom is 0.269 e. The smallest absolute Gasteiger partial charge is 0.269 e. The Morgan fingerprint density at radius 3 is 2.43 bits per heavy atom. The maximum atomic E-state index is 12.2. The molecule has 0 fully saturated rings. The molecule has 1 aromatic heterocycles. The second kappa shape index (κ2) is 5.82. The average molecular weight is 332 g/mol. The number of furan rings is 1. The van der Waals surface area contributed by atoms with Gasteiger partial charge in [0.2, 0.25) is 10.0 Å². The van der Waals surface area contributed by atoms with Crippen molar-refractivity contribution < 1.29 is 17.8 Å². The Bertz CT molecular complexity index is 928. The Morgan fingerprint density at radius 2 is 1.78 bits per heavy atom. The topological polar surface area (TPSA) is 102 Å². The van der Waals surface area contributed by atoms with E-state index in [9.17, 15) is 18.5 Å². The van der Waals surface area contributed by atoms with Gasteiger partial charge in [0, 0.05) is 17.5 Å². The van der Waals surface area contributed by atoms with Crippen LogP contribution >= 0.6 is 0 Å². The minimum atomic E-state index is -3.77. The summed E-state index contributed by atoms with van der Waals surface area (Å²) in [6, 6.07) is 13.8. The third-order valence-corrected chi connectivity index (χ3v) is 4.69. The molecule has 2 aromatic carbocycles. The summed E-state index contributed by atoms with van der Waals surface area (Å²) in [6.45, 7) is -0.00595. The van der Waals surface area contributed by atoms with Gasteiger partial charge in [-0.1, -0.05) is 18.2 Å². The fraction of sp³-hybridized carbons (Fsp3) is 0.0667. The predicted molar refractivity (Wildman–Crippen MR) is 83.3 cm³/mol. The third-order valence-electron chi connectivity index (χ3n) is 3.27. The molecule has 0 aliphatic carbocycles. The first-order chi connectivity index (χ1) is 11.0. The molecule has 1 N–H and O–H groups in total. The summed E-state index contributed by atoms with van der Waals surface area (Å²) >= 11 is 0. The van der Waals surface area contributed by atoms with Gasteiger partial charge in [-0.2, -0.15) is 0 Å². The van der Waals surface area contributed by atoms with Gasteiger partial charge in [0.15, 0.2) is 0 Å². The monoisotopic (exact) mass is 332 g/mol. The normalized spacial score (nSPS) is 11.7. The summed E-state index contributed by atoms with van der Waals surface area (Å²) in [6.07, 6.45) is 0. The summed E-state index contributed by atoms with van der Waals surface area (Å²) in [5.41, 5.74) is 0.512. The van der Waals surface area contributed by atoms with Gasteiger partial charge in [0.05, 0.1) is 16.4 Å². The van der Waals surface area contributed by atoms with Crippen LogP contribution in [-0.2, 0) is 16.6 Å². The van der Waals surface area contributed by atoms with Gasteiger partial charge in [-0.25, -0.2) is 13.1 Å². The molecule has 0 radical (unpaired) electrons. The lowest BCUT2D eigenvalue weighted by Crippen LogP contribution is -2.22. The van der Waals surface area contributed by atoms with Crippen molar-refractivity contribution in [3.63, 3.8) is 0 Å². The standard InChI is InChI=1S/C15H12N2O5S/c18-17(19)12-5-7-14(8-6-12)23(20,21)16-10-13-9-11-3-1-2-4-15(11)22-13/h1-9,16H,10H2. The number of rotatable bonds is 5. The van der Waals surface area contributed by atoms with Crippen molar-refractivity contribution >= 4 is 26.7 Å². The molecule has 8 heteroatoms. The van der Waals surface area contributed by atoms with Crippen LogP contribution in [0.15, 0.2) is 63.9 Å². The molecule has 0 saturated heterocycles. The molecule has 7 nitrogen and oxygen atoms in total. The fourth-order valence-corrected chi connectivity index (χ4v) is 3.11. The molecule has 23 heavy (non-hydrogen) atoms. The van der Waals surface area contributed by atoms with Crippen molar-refractivity contribution in [1.82, 2.24) is 4.72 Å². The SMILES string of the molecule is O=[N+]([O-])c1ccc(S(=O)(=O)NCc2cc3ccccc3o2)cc1. The van der Waals surface area contributed by atoms with E-state index in [0.717, 1.165) is 17.5 Å². The fourth-order valence-electron chi connectivity index (χ4n) is 2.12. The minimum absolute atomic E-state index is 0.00595. The van der Waals surface area contributed by atoms with Crippen molar-refractivity contribution in [1.29, 1.82) is 0 Å². The molecule has 0 unspecified atom stereocenters. The van der Waals surface area contributed by atoms with E-state index in [0.29, 0.717) is 11.3 Å². The van der Waals surface area contributed by atoms with E-state index in [1.54, 1.807) is 12.1 Å². The number of hydrogen-bond acceptors (Lipinski definition) is 5. The largest absolute Gasteiger partial charge is 0.460 e. The molecule has 0 amide bonds. The number of fused-ring (bicyclic) bond motifs is 1. The minimum Gasteiger partial charge on any atom is -0.460 e. The molecule has 3 aromatic rings. The zero-order chi connectivity index (χ0) is 16.4. The lowest BCUT2D eigenvalue weighted by Gasteiger charge is -2.04. The van der Waals surface area contributed by atoms with Crippen molar-refractivity contribution in [3.05, 3.63) is 70.5 Å². The molecular weight excluding hydrogens is 320 g/mol. The summed E-state index contributed by atoms with van der Waals surface area (Å²) in [4.78, 5) is 9.96. The van der Waals surface area contributed by atoms with E-state index in [-0.39, 0.29) is 17.1 Å². The van der Waals surface area contributed by atoms with Gasteiger partial charge >= 0.3 is 0 Å². The molecular formula is C15H12N2O5S. The van der Waals surface area contributed by atoms with Gasteiger partial charge < -0.3 is 4.42 Å². The third kappa shape index (κ3) is 3.22. The van der Waals surface area contributed by atoms with Gasteiger partial charge in [0.1, 0.15) is 11.3 Å². The quantitative estimate of drug-likeness (QED) is 0.571. The van der Waals surface area contributed by atoms with Crippen LogP contribution in [0.5, 0.6) is 0 Å². The molecule has 3 rings (SSSR count). The first-order valence-electron chi connectivity index (χ1n) is 6.67. The summed E-state index contributed by atoms with van der Waals surface area (Å²) in [7, 11) is -3.77. The molecule has 0 aliphatic rings. The number of non-ortho nitro benzene ring substituents is 1. The number of nitro groups is 1. The average Bonchev–Trinajstić information content (AvgIpc) is 2.96. The van der Waals surface area contributed by atoms with E-state index in [1.165, 1.54) is 12.1 Å². The molecule has 0 aliphatic heterocycles. The van der Waals surface area contributed by atoms with Crippen LogP contribution in [0.4, 0.5) is 5.69 Å². The first-order valence-corrected chi connectivity index (χ1v) is 8.15. The number of nitrogens with zero attached hydrogens (tertiary/aromatic N) is 1. The van der Waals surface area contributed by atoms with Crippen LogP contribution < -0.4 is 4.72 Å². The number of para-hydroxylation sites is 1. The molecule has 0 bridgehead atoms. The number of sulfonamides is 1. The zero-order valence-electron chi connectivity index (χ0n) is 11.8. The summed E-state index contributed by atoms with van der Waals surface area (Å²) in [5.74, 6) is 0.483. The molecule has 118 valence electrons. The Balaban J connectivity index is 1.76. The lowest BCUT2D eigenvalue weighted by molar-refractivity contribution is -0.384. The highest BCUT2D eigenvalue weighted by molar-refractivity contribution is 7.89. The number of nitrogens with one attached hydrogen (secondary N) is 1. The molecule has 1 heterocycles. The number of nitro benzene ring substituents is 1. The van der Waals surface area contributed by atoms with Crippen LogP contribution in [0, 0.1) is 10.1 Å². The summed E-state index contributed by atoms with van der Waals surface area (Å²) < 4.78 is 32.3. The lowest BCUT2D eigenvalue weighted by atomic mass is 10.2. The van der Waals surface area contributed by atoms with E-state index in [1.807, 2.05) is 18.2 Å². The van der Waals surface area contributed by atoms with Gasteiger partial charge in [-0.05, 0) is 24.3 Å². The van der Waals surface area contributed by atoms with Crippen LogP contribution in [-0.4, -0.2) is 13.3 Å². The van der Waals surface area contributed by atoms with E-state index in [2.05, 4.69) is 4.72 Å². The molecule has 0 spiro atoms. The summed E-state index contributed by atoms with van der Waals surface area (Å²) in [5, 5.41) is 11.5. The molecule has 0 atom stereocenters. The van der Waals surface area contributed by atoms with Crippen molar-refractivity contribution in [3.8, 4) is 0 Å². The number of benzene rings is 2. The zero-order valence-corrected chi connectivity index (χ0v) is 12.6. The van der Waals surface area contributed by atoms with Gasteiger partial charge in [0.25, 0.3) is 5.69 Å². The second-order valence-electron chi connectivity index (χ2n) is 4.83. The van der Waals surface area contributed by atoms with Crippen molar-refractivity contribution in [2.24, 2.45) is 0 Å². The Labute approximate surface area is 131 Å². The van der Waals surface area contributed by atoms with Crippen LogP contribution in [0.25, 0.3) is 11.0 Å². The maximum absolute atomic E-state index is 12.2. The highest BCUT2D eigenvalue weighted by Gasteiger charge is 2.16. The highest BCUT2D eigenvalue weighted by atomic mass is 32.2. The van der Waals surface area contributed by atoms with Gasteiger partial charge in [-0.3, -0.25) is 10.1 Å². The Morgan fingerprint density at radius 1 is 1.09 bits per heavy atom. The number of hydrogen-bond donors (Lipinski definition) is 1. The van der Waals surface area contributed by atoms with E-state index >= 15 is 0 Å². The Kier molecular flexibility index (Phi) is 3.85. The van der Waals surface area contributed by atoms with Crippen LogP contribution in [0.1, 0.15) is 5.76 Å².